The number of hydrogen-bond donors (Lipinski definition) is 1. The van der Waals surface area contributed by atoms with E-state index in [1.807, 2.05) is 0 Å². The van der Waals surface area contributed by atoms with Crippen molar-refractivity contribution in [1.29, 1.82) is 0 Å². The summed E-state index contributed by atoms with van der Waals surface area (Å²) in [4.78, 5) is 31.0. The van der Waals surface area contributed by atoms with E-state index >= 15 is 0 Å². The van der Waals surface area contributed by atoms with Crippen molar-refractivity contribution in [3.05, 3.63) is 0 Å². The number of ether oxygens (including phenoxy) is 1. The van der Waals surface area contributed by atoms with Crippen LogP contribution in [-0.2, 0) is 14.3 Å². The molecule has 0 atom stereocenters. The van der Waals surface area contributed by atoms with Crippen LogP contribution in [0.2, 0.25) is 0 Å². The lowest BCUT2D eigenvalue weighted by Gasteiger charge is -2.31. The molecule has 0 radical (unpaired) electrons. The third-order valence-corrected chi connectivity index (χ3v) is 4.30. The van der Waals surface area contributed by atoms with Gasteiger partial charge in [0, 0.05) is 12.8 Å². The first-order valence-electron chi connectivity index (χ1n) is 8.20. The summed E-state index contributed by atoms with van der Waals surface area (Å²) in [7, 11) is 0. The van der Waals surface area contributed by atoms with Crippen molar-refractivity contribution in [3.8, 4) is 0 Å². The molecule has 0 amide bonds. The first-order chi connectivity index (χ1) is 10.6. The Morgan fingerprint density at radius 3 is 2.36 bits per heavy atom. The molecule has 0 heterocycles. The first kappa shape index (κ1) is 16.7. The minimum atomic E-state index is -1.18. The molecule has 6 nitrogen and oxygen atoms in total. The number of aliphatic imine (C=N–C) groups is 2. The number of nitrogens with zero attached hydrogens (tertiary/aromatic N) is 2. The summed E-state index contributed by atoms with van der Waals surface area (Å²) >= 11 is 0. The molecule has 2 aliphatic carbocycles. The van der Waals surface area contributed by atoms with E-state index in [0.717, 1.165) is 32.1 Å². The molecule has 2 fully saturated rings. The molecular weight excluding hydrogens is 284 g/mol. The monoisotopic (exact) mass is 308 g/mol. The first-order valence-corrected chi connectivity index (χ1v) is 8.20. The normalized spacial score (nSPS) is 21.5. The standard InChI is InChI=1S/C16H24N2O4/c19-14(20)11-15(21)22-16(9-5-2-6-10-16)18-12-17-13-7-3-1-4-8-13/h13H,1-11H2,(H,19,20). The average molecular weight is 308 g/mol. The van der Waals surface area contributed by atoms with Gasteiger partial charge in [-0.05, 0) is 25.7 Å². The van der Waals surface area contributed by atoms with E-state index in [4.69, 9.17) is 9.84 Å². The fourth-order valence-corrected chi connectivity index (χ4v) is 3.12. The molecule has 0 aromatic carbocycles. The number of hydrogen-bond acceptors (Lipinski definition) is 5. The second kappa shape index (κ2) is 8.08. The highest BCUT2D eigenvalue weighted by Gasteiger charge is 2.36. The van der Waals surface area contributed by atoms with Gasteiger partial charge in [-0.1, -0.05) is 25.7 Å². The summed E-state index contributed by atoms with van der Waals surface area (Å²) in [6.45, 7) is 0. The van der Waals surface area contributed by atoms with Gasteiger partial charge in [-0.25, -0.2) is 4.99 Å². The third kappa shape index (κ3) is 5.26. The largest absolute Gasteiger partial charge is 0.481 e. The predicted octanol–water partition coefficient (Wildman–Crippen LogP) is 3.17. The van der Waals surface area contributed by atoms with Crippen molar-refractivity contribution in [2.45, 2.75) is 82.4 Å². The predicted molar refractivity (Wildman–Crippen MR) is 80.9 cm³/mol. The van der Waals surface area contributed by atoms with Gasteiger partial charge in [0.1, 0.15) is 6.42 Å². The summed E-state index contributed by atoms with van der Waals surface area (Å²) in [5.74, 6) is -1.92. The summed E-state index contributed by atoms with van der Waals surface area (Å²) in [5.41, 5.74) is -0.955. The van der Waals surface area contributed by atoms with Crippen molar-refractivity contribution < 1.29 is 19.4 Å². The molecule has 0 unspecified atom stereocenters. The fourth-order valence-electron chi connectivity index (χ4n) is 3.12. The molecule has 2 saturated carbocycles. The van der Waals surface area contributed by atoms with Gasteiger partial charge in [0.05, 0.1) is 12.1 Å². The van der Waals surface area contributed by atoms with Gasteiger partial charge in [-0.3, -0.25) is 9.59 Å². The lowest BCUT2D eigenvalue weighted by atomic mass is 9.92. The van der Waals surface area contributed by atoms with E-state index in [9.17, 15) is 9.59 Å². The van der Waals surface area contributed by atoms with Crippen LogP contribution < -0.4 is 0 Å². The Morgan fingerprint density at radius 1 is 1.09 bits per heavy atom. The highest BCUT2D eigenvalue weighted by molar-refractivity contribution is 5.90. The van der Waals surface area contributed by atoms with Gasteiger partial charge in [0.15, 0.2) is 0 Å². The van der Waals surface area contributed by atoms with Gasteiger partial charge in [0.2, 0.25) is 5.72 Å². The summed E-state index contributed by atoms with van der Waals surface area (Å²) in [5, 5.41) is 8.68. The van der Waals surface area contributed by atoms with Crippen LogP contribution in [0.5, 0.6) is 0 Å². The van der Waals surface area contributed by atoms with E-state index in [0.29, 0.717) is 12.8 Å². The number of carbonyl (C=O) groups is 2. The fraction of sp³-hybridized carbons (Fsp3) is 0.812. The molecule has 1 N–H and O–H groups in total. The second-order valence-electron chi connectivity index (χ2n) is 6.18. The molecular formula is C16H24N2O4. The summed E-state index contributed by atoms with van der Waals surface area (Å²) in [6.07, 6.45) is 9.28. The van der Waals surface area contributed by atoms with E-state index < -0.39 is 24.1 Å². The molecule has 0 spiro atoms. The van der Waals surface area contributed by atoms with Crippen LogP contribution in [-0.4, -0.2) is 34.8 Å². The van der Waals surface area contributed by atoms with E-state index in [-0.39, 0.29) is 6.04 Å². The molecule has 122 valence electrons. The molecule has 0 aromatic rings. The van der Waals surface area contributed by atoms with E-state index in [1.54, 1.807) is 0 Å². The van der Waals surface area contributed by atoms with Gasteiger partial charge in [0.25, 0.3) is 0 Å². The Kier molecular flexibility index (Phi) is 6.13. The van der Waals surface area contributed by atoms with Crippen LogP contribution in [0.15, 0.2) is 9.98 Å². The van der Waals surface area contributed by atoms with Crippen LogP contribution in [0.1, 0.15) is 70.6 Å². The maximum atomic E-state index is 11.7. The number of carbonyl (C=O) groups excluding carboxylic acids is 1. The van der Waals surface area contributed by atoms with E-state index in [2.05, 4.69) is 16.0 Å². The summed E-state index contributed by atoms with van der Waals surface area (Å²) < 4.78 is 5.37. The maximum absolute atomic E-state index is 11.7. The number of rotatable bonds is 5. The Bertz CT molecular complexity index is 457. The minimum absolute atomic E-state index is 0.271. The Hall–Kier alpha value is -1.68. The Labute approximate surface area is 130 Å². The van der Waals surface area contributed by atoms with Crippen LogP contribution in [0.3, 0.4) is 0 Å². The SMILES string of the molecule is O=C(O)CC(=O)OC1(N=C=NC2CCCCC2)CCCCC1. The van der Waals surface area contributed by atoms with Crippen LogP contribution in [0, 0.1) is 0 Å². The topological polar surface area (TPSA) is 88.3 Å². The molecule has 22 heavy (non-hydrogen) atoms. The van der Waals surface area contributed by atoms with Crippen molar-refractivity contribution >= 4 is 17.9 Å². The smallest absolute Gasteiger partial charge is 0.319 e. The average Bonchev–Trinajstić information content (AvgIpc) is 2.48. The minimum Gasteiger partial charge on any atom is -0.481 e. The molecule has 6 heteroatoms. The van der Waals surface area contributed by atoms with Gasteiger partial charge < -0.3 is 9.84 Å². The van der Waals surface area contributed by atoms with E-state index in [1.165, 1.54) is 19.3 Å². The molecule has 0 aliphatic heterocycles. The van der Waals surface area contributed by atoms with Crippen LogP contribution >= 0.6 is 0 Å². The molecule has 2 rings (SSSR count). The lowest BCUT2D eigenvalue weighted by Crippen LogP contribution is -2.35. The molecule has 0 bridgehead atoms. The second-order valence-corrected chi connectivity index (χ2v) is 6.18. The van der Waals surface area contributed by atoms with Gasteiger partial charge >= 0.3 is 11.9 Å². The maximum Gasteiger partial charge on any atom is 0.319 e. The summed E-state index contributed by atoms with van der Waals surface area (Å²) in [6, 6.07) is 3.02. The third-order valence-electron chi connectivity index (χ3n) is 4.30. The Morgan fingerprint density at radius 2 is 1.73 bits per heavy atom. The molecule has 0 saturated heterocycles. The zero-order valence-electron chi connectivity index (χ0n) is 12.9. The van der Waals surface area contributed by atoms with Crippen molar-refractivity contribution in [2.24, 2.45) is 9.98 Å². The zero-order chi connectivity index (χ0) is 15.8. The van der Waals surface area contributed by atoms with Crippen molar-refractivity contribution in [1.82, 2.24) is 0 Å². The van der Waals surface area contributed by atoms with Crippen LogP contribution in [0.25, 0.3) is 0 Å². The quantitative estimate of drug-likeness (QED) is 0.480. The van der Waals surface area contributed by atoms with Gasteiger partial charge in [-0.2, -0.15) is 4.99 Å². The zero-order valence-corrected chi connectivity index (χ0v) is 12.9. The highest BCUT2D eigenvalue weighted by Crippen LogP contribution is 2.33. The van der Waals surface area contributed by atoms with Gasteiger partial charge in [-0.15, -0.1) is 0 Å². The number of esters is 1. The molecule has 2 aliphatic rings. The molecule has 0 aromatic heterocycles. The Balaban J connectivity index is 2.02. The number of carboxylic acid groups (broad SMARTS) is 1. The number of aliphatic carboxylic acids is 1. The highest BCUT2D eigenvalue weighted by atomic mass is 16.6. The van der Waals surface area contributed by atoms with Crippen molar-refractivity contribution in [2.75, 3.05) is 0 Å². The van der Waals surface area contributed by atoms with Crippen molar-refractivity contribution in [3.63, 3.8) is 0 Å². The van der Waals surface area contributed by atoms with Crippen LogP contribution in [0.4, 0.5) is 0 Å². The number of carboxylic acids is 1. The lowest BCUT2D eigenvalue weighted by molar-refractivity contribution is -0.165.